The average molecular weight is 216 g/mol. The fourth-order valence-corrected chi connectivity index (χ4v) is 1.18. The van der Waals surface area contributed by atoms with Crippen molar-refractivity contribution in [2.45, 2.75) is 13.2 Å². The van der Waals surface area contributed by atoms with Crippen molar-refractivity contribution in [3.63, 3.8) is 0 Å². The molecule has 0 spiro atoms. The summed E-state index contributed by atoms with van der Waals surface area (Å²) >= 11 is 0. The van der Waals surface area contributed by atoms with Gasteiger partial charge in [-0.3, -0.25) is 9.97 Å². The van der Waals surface area contributed by atoms with Crippen LogP contribution in [-0.2, 0) is 23.0 Å². The second-order valence-corrected chi connectivity index (χ2v) is 3.21. The van der Waals surface area contributed by atoms with Gasteiger partial charge in [-0.25, -0.2) is 9.78 Å². The van der Waals surface area contributed by atoms with E-state index < -0.39 is 0 Å². The predicted octanol–water partition coefficient (Wildman–Crippen LogP) is 2.12. The Balaban J connectivity index is 1.70. The van der Waals surface area contributed by atoms with E-state index in [1.165, 1.54) is 0 Å². The second-order valence-electron chi connectivity index (χ2n) is 3.21. The van der Waals surface area contributed by atoms with E-state index in [4.69, 9.17) is 9.78 Å². The molecule has 0 aromatic carbocycles. The standard InChI is InChI=1S/C12H12N2O2/c1-2-7-14-12(5-1)10-16-15-9-11-4-3-6-13-8-11/h1-8H,9-10H2. The highest BCUT2D eigenvalue weighted by atomic mass is 17.2. The maximum atomic E-state index is 5.04. The van der Waals surface area contributed by atoms with Gasteiger partial charge in [0.1, 0.15) is 13.2 Å². The molecule has 2 aromatic heterocycles. The molecule has 16 heavy (non-hydrogen) atoms. The quantitative estimate of drug-likeness (QED) is 0.436. The van der Waals surface area contributed by atoms with Crippen LogP contribution >= 0.6 is 0 Å². The summed E-state index contributed by atoms with van der Waals surface area (Å²) < 4.78 is 0. The van der Waals surface area contributed by atoms with Crippen molar-refractivity contribution in [1.29, 1.82) is 0 Å². The first-order valence-electron chi connectivity index (χ1n) is 4.98. The summed E-state index contributed by atoms with van der Waals surface area (Å²) in [7, 11) is 0. The lowest BCUT2D eigenvalue weighted by Crippen LogP contribution is -1.97. The van der Waals surface area contributed by atoms with E-state index >= 15 is 0 Å². The summed E-state index contributed by atoms with van der Waals surface area (Å²) in [5.74, 6) is 0. The van der Waals surface area contributed by atoms with E-state index in [0.29, 0.717) is 13.2 Å². The zero-order valence-corrected chi connectivity index (χ0v) is 8.74. The van der Waals surface area contributed by atoms with Crippen molar-refractivity contribution in [3.05, 3.63) is 60.2 Å². The van der Waals surface area contributed by atoms with Crippen molar-refractivity contribution in [2.75, 3.05) is 0 Å². The Hall–Kier alpha value is -1.78. The van der Waals surface area contributed by atoms with Crippen LogP contribution in [0.1, 0.15) is 11.3 Å². The molecular formula is C12H12N2O2. The van der Waals surface area contributed by atoms with Gasteiger partial charge in [-0.2, -0.15) is 0 Å². The van der Waals surface area contributed by atoms with Gasteiger partial charge >= 0.3 is 0 Å². The molecule has 0 aliphatic rings. The van der Waals surface area contributed by atoms with E-state index in [9.17, 15) is 0 Å². The van der Waals surface area contributed by atoms with E-state index in [1.807, 2.05) is 30.3 Å². The normalized spacial score (nSPS) is 10.2. The Morgan fingerprint density at radius 1 is 0.938 bits per heavy atom. The third-order valence-corrected chi connectivity index (χ3v) is 1.96. The second kappa shape index (κ2) is 5.95. The molecule has 0 aliphatic heterocycles. The summed E-state index contributed by atoms with van der Waals surface area (Å²) in [6.07, 6.45) is 5.18. The molecule has 4 nitrogen and oxygen atoms in total. The summed E-state index contributed by atoms with van der Waals surface area (Å²) in [6, 6.07) is 9.44. The molecule has 4 heteroatoms. The molecule has 82 valence electrons. The van der Waals surface area contributed by atoms with Crippen LogP contribution < -0.4 is 0 Å². The maximum Gasteiger partial charge on any atom is 0.124 e. The smallest absolute Gasteiger partial charge is 0.124 e. The molecule has 0 amide bonds. The van der Waals surface area contributed by atoms with Gasteiger partial charge in [-0.1, -0.05) is 12.1 Å². The SMILES string of the molecule is c1ccc(COOCc2cccnc2)nc1. The largest absolute Gasteiger partial charge is 0.264 e. The van der Waals surface area contributed by atoms with E-state index in [1.54, 1.807) is 18.6 Å². The Morgan fingerprint density at radius 3 is 2.62 bits per heavy atom. The molecule has 0 radical (unpaired) electrons. The van der Waals surface area contributed by atoms with Gasteiger partial charge in [0.05, 0.1) is 5.69 Å². The molecule has 2 heterocycles. The van der Waals surface area contributed by atoms with Gasteiger partial charge < -0.3 is 0 Å². The summed E-state index contributed by atoms with van der Waals surface area (Å²) in [4.78, 5) is 18.2. The molecule has 0 unspecified atom stereocenters. The van der Waals surface area contributed by atoms with Gasteiger partial charge in [0, 0.05) is 18.6 Å². The molecule has 0 saturated heterocycles. The third kappa shape index (κ3) is 3.42. The first-order chi connectivity index (χ1) is 7.95. The lowest BCUT2D eigenvalue weighted by atomic mass is 10.3. The van der Waals surface area contributed by atoms with Crippen LogP contribution in [-0.4, -0.2) is 9.97 Å². The van der Waals surface area contributed by atoms with Gasteiger partial charge in [-0.15, -0.1) is 0 Å². The van der Waals surface area contributed by atoms with Crippen molar-refractivity contribution in [1.82, 2.24) is 9.97 Å². The Morgan fingerprint density at radius 2 is 1.88 bits per heavy atom. The number of hydrogen-bond donors (Lipinski definition) is 0. The number of aromatic nitrogens is 2. The van der Waals surface area contributed by atoms with Gasteiger partial charge in [0.25, 0.3) is 0 Å². The van der Waals surface area contributed by atoms with Crippen molar-refractivity contribution < 1.29 is 9.78 Å². The van der Waals surface area contributed by atoms with Gasteiger partial charge in [0.2, 0.25) is 0 Å². The Bertz CT molecular complexity index is 364. The zero-order chi connectivity index (χ0) is 11.1. The van der Waals surface area contributed by atoms with Crippen molar-refractivity contribution in [3.8, 4) is 0 Å². The molecule has 2 aromatic rings. The van der Waals surface area contributed by atoms with Crippen LogP contribution in [0.3, 0.4) is 0 Å². The minimum atomic E-state index is 0.348. The van der Waals surface area contributed by atoms with E-state index in [-0.39, 0.29) is 0 Å². The summed E-state index contributed by atoms with van der Waals surface area (Å²) in [5.41, 5.74) is 1.82. The highest BCUT2D eigenvalue weighted by molar-refractivity contribution is 5.06. The highest BCUT2D eigenvalue weighted by Gasteiger charge is 1.95. The van der Waals surface area contributed by atoms with Crippen molar-refractivity contribution in [2.24, 2.45) is 0 Å². The van der Waals surface area contributed by atoms with Crippen LogP contribution in [0.5, 0.6) is 0 Å². The summed E-state index contributed by atoms with van der Waals surface area (Å²) in [5, 5.41) is 0. The fourth-order valence-electron chi connectivity index (χ4n) is 1.18. The maximum absolute atomic E-state index is 5.04. The number of pyridine rings is 2. The van der Waals surface area contributed by atoms with Crippen LogP contribution in [0.25, 0.3) is 0 Å². The van der Waals surface area contributed by atoms with Crippen LogP contribution in [0, 0.1) is 0 Å². The lowest BCUT2D eigenvalue weighted by molar-refractivity contribution is -0.313. The first-order valence-corrected chi connectivity index (χ1v) is 4.98. The van der Waals surface area contributed by atoms with Crippen LogP contribution in [0.4, 0.5) is 0 Å². The average Bonchev–Trinajstić information content (AvgIpc) is 2.37. The Labute approximate surface area is 93.8 Å². The number of hydrogen-bond acceptors (Lipinski definition) is 4. The highest BCUT2D eigenvalue weighted by Crippen LogP contribution is 2.01. The van der Waals surface area contributed by atoms with Gasteiger partial charge in [0.15, 0.2) is 0 Å². The lowest BCUT2D eigenvalue weighted by Gasteiger charge is -2.03. The fraction of sp³-hybridized carbons (Fsp3) is 0.167. The molecule has 0 fully saturated rings. The number of rotatable bonds is 5. The van der Waals surface area contributed by atoms with Crippen LogP contribution in [0.15, 0.2) is 48.9 Å². The minimum absolute atomic E-state index is 0.348. The molecule has 2 rings (SSSR count). The minimum Gasteiger partial charge on any atom is -0.264 e. The zero-order valence-electron chi connectivity index (χ0n) is 8.74. The topological polar surface area (TPSA) is 44.2 Å². The number of nitrogens with zero attached hydrogens (tertiary/aromatic N) is 2. The van der Waals surface area contributed by atoms with E-state index in [0.717, 1.165) is 11.3 Å². The molecule has 0 bridgehead atoms. The molecule has 0 aliphatic carbocycles. The molecular weight excluding hydrogens is 204 g/mol. The molecule has 0 atom stereocenters. The third-order valence-electron chi connectivity index (χ3n) is 1.96. The summed E-state index contributed by atoms with van der Waals surface area (Å²) in [6.45, 7) is 0.738. The Kier molecular flexibility index (Phi) is 3.99. The molecule has 0 saturated carbocycles. The van der Waals surface area contributed by atoms with E-state index in [2.05, 4.69) is 9.97 Å². The van der Waals surface area contributed by atoms with Crippen molar-refractivity contribution >= 4 is 0 Å². The predicted molar refractivity (Wildman–Crippen MR) is 58.1 cm³/mol. The monoisotopic (exact) mass is 216 g/mol. The molecule has 0 N–H and O–H groups in total. The van der Waals surface area contributed by atoms with Gasteiger partial charge in [-0.05, 0) is 23.8 Å². The first kappa shape index (κ1) is 10.7. The van der Waals surface area contributed by atoms with Crippen LogP contribution in [0.2, 0.25) is 0 Å².